The first-order valence-electron chi connectivity index (χ1n) is 8.98. The number of rotatable bonds is 8. The molecule has 1 aliphatic heterocycles. The van der Waals surface area contributed by atoms with E-state index >= 15 is 0 Å². The number of hydrogen-bond acceptors (Lipinski definition) is 2. The molecule has 5 nitrogen and oxygen atoms in total. The molecule has 1 aliphatic rings. The Morgan fingerprint density at radius 1 is 1.13 bits per heavy atom. The summed E-state index contributed by atoms with van der Waals surface area (Å²) in [5, 5.41) is 6.93. The predicted octanol–water partition coefficient (Wildman–Crippen LogP) is 2.16. The molecule has 0 aliphatic carbocycles. The normalized spacial score (nSPS) is 17.7. The van der Waals surface area contributed by atoms with Crippen LogP contribution in [-0.4, -0.2) is 54.7 Å². The van der Waals surface area contributed by atoms with E-state index in [0.29, 0.717) is 6.04 Å². The number of likely N-dealkylation sites (tertiary alicyclic amines) is 1. The Labute approximate surface area is 141 Å². The lowest BCUT2D eigenvalue weighted by atomic mass is 10.0. The summed E-state index contributed by atoms with van der Waals surface area (Å²) in [6, 6.07) is 4.72. The molecule has 1 aromatic rings. The third-order valence-corrected chi connectivity index (χ3v) is 4.46. The van der Waals surface area contributed by atoms with Gasteiger partial charge in [0, 0.05) is 45.1 Å². The molecule has 0 spiro atoms. The van der Waals surface area contributed by atoms with Crippen molar-refractivity contribution in [3.05, 3.63) is 24.5 Å². The van der Waals surface area contributed by atoms with Gasteiger partial charge in [0.2, 0.25) is 0 Å². The Bertz CT molecular complexity index is 446. The summed E-state index contributed by atoms with van der Waals surface area (Å²) < 4.78 is 2.17. The molecule has 0 saturated carbocycles. The molecule has 1 unspecified atom stereocenters. The van der Waals surface area contributed by atoms with Gasteiger partial charge < -0.3 is 15.2 Å². The van der Waals surface area contributed by atoms with Crippen molar-refractivity contribution in [2.24, 2.45) is 10.9 Å². The maximum absolute atomic E-state index is 4.35. The zero-order valence-corrected chi connectivity index (χ0v) is 15.0. The quantitative estimate of drug-likeness (QED) is 0.570. The van der Waals surface area contributed by atoms with Crippen LogP contribution in [0.1, 0.15) is 33.1 Å². The van der Waals surface area contributed by atoms with Crippen molar-refractivity contribution in [3.8, 4) is 0 Å². The maximum Gasteiger partial charge on any atom is 0.191 e. The second kappa shape index (κ2) is 9.60. The van der Waals surface area contributed by atoms with E-state index in [2.05, 4.69) is 63.5 Å². The molecule has 130 valence electrons. The maximum atomic E-state index is 4.35. The smallest absolute Gasteiger partial charge is 0.191 e. The van der Waals surface area contributed by atoms with Gasteiger partial charge >= 0.3 is 0 Å². The minimum absolute atomic E-state index is 0.612. The minimum Gasteiger partial charge on any atom is -0.355 e. The fourth-order valence-electron chi connectivity index (χ4n) is 3.27. The molecule has 2 rings (SSSR count). The zero-order valence-electron chi connectivity index (χ0n) is 15.0. The van der Waals surface area contributed by atoms with Crippen LogP contribution in [0.15, 0.2) is 29.5 Å². The van der Waals surface area contributed by atoms with E-state index in [0.717, 1.165) is 31.5 Å². The molecule has 0 radical (unpaired) electrons. The van der Waals surface area contributed by atoms with Gasteiger partial charge in [-0.05, 0) is 50.4 Å². The molecular formula is C18H33N5. The fraction of sp³-hybridized carbons (Fsp3) is 0.722. The van der Waals surface area contributed by atoms with Gasteiger partial charge in [-0.25, -0.2) is 0 Å². The average Bonchev–Trinajstić information content (AvgIpc) is 3.21. The van der Waals surface area contributed by atoms with Crippen molar-refractivity contribution in [3.63, 3.8) is 0 Å². The van der Waals surface area contributed by atoms with Crippen molar-refractivity contribution >= 4 is 5.96 Å². The second-order valence-corrected chi connectivity index (χ2v) is 6.83. The summed E-state index contributed by atoms with van der Waals surface area (Å²) >= 11 is 0. The summed E-state index contributed by atoms with van der Waals surface area (Å²) in [5.74, 6) is 1.64. The van der Waals surface area contributed by atoms with E-state index in [-0.39, 0.29) is 0 Å². The van der Waals surface area contributed by atoms with Crippen LogP contribution in [0, 0.1) is 5.92 Å². The number of aliphatic imine (C=N–C) groups is 1. The zero-order chi connectivity index (χ0) is 16.5. The third kappa shape index (κ3) is 6.26. The van der Waals surface area contributed by atoms with Crippen LogP contribution in [0.5, 0.6) is 0 Å². The van der Waals surface area contributed by atoms with Crippen LogP contribution in [0.2, 0.25) is 0 Å². The van der Waals surface area contributed by atoms with Gasteiger partial charge in [-0.2, -0.15) is 0 Å². The molecule has 2 N–H and O–H groups in total. The lowest BCUT2D eigenvalue weighted by molar-refractivity contribution is 0.213. The van der Waals surface area contributed by atoms with Crippen LogP contribution in [0.25, 0.3) is 0 Å². The minimum atomic E-state index is 0.612. The predicted molar refractivity (Wildman–Crippen MR) is 97.8 cm³/mol. The molecule has 5 heteroatoms. The first-order chi connectivity index (χ1) is 11.2. The van der Waals surface area contributed by atoms with Crippen molar-refractivity contribution in [2.45, 2.75) is 45.7 Å². The Morgan fingerprint density at radius 3 is 2.43 bits per heavy atom. The van der Waals surface area contributed by atoms with Crippen molar-refractivity contribution < 1.29 is 0 Å². The Balaban J connectivity index is 1.75. The molecule has 1 aromatic heterocycles. The molecular weight excluding hydrogens is 286 g/mol. The van der Waals surface area contributed by atoms with Crippen LogP contribution in [-0.2, 0) is 6.54 Å². The standard InChI is InChI=1S/C18H33N5/c1-16(2)14-17(23-11-6-7-12-23)15-21-18(19-3)20-8-13-22-9-4-5-10-22/h4-5,9-10,16-17H,6-8,11-15H2,1-3H3,(H2,19,20,21). The largest absolute Gasteiger partial charge is 0.355 e. The molecule has 1 saturated heterocycles. The van der Waals surface area contributed by atoms with Crippen LogP contribution < -0.4 is 10.6 Å². The molecule has 0 amide bonds. The number of hydrogen-bond donors (Lipinski definition) is 2. The van der Waals surface area contributed by atoms with Gasteiger partial charge in [-0.1, -0.05) is 13.8 Å². The molecule has 2 heterocycles. The lowest BCUT2D eigenvalue weighted by Crippen LogP contribution is -2.47. The summed E-state index contributed by atoms with van der Waals surface area (Å²) in [4.78, 5) is 6.99. The van der Waals surface area contributed by atoms with Gasteiger partial charge in [0.25, 0.3) is 0 Å². The Kier molecular flexibility index (Phi) is 7.46. The summed E-state index contributed by atoms with van der Waals surface area (Å²) in [7, 11) is 1.85. The highest BCUT2D eigenvalue weighted by molar-refractivity contribution is 5.79. The van der Waals surface area contributed by atoms with E-state index in [1.807, 2.05) is 7.05 Å². The van der Waals surface area contributed by atoms with Gasteiger partial charge in [-0.15, -0.1) is 0 Å². The molecule has 0 bridgehead atoms. The topological polar surface area (TPSA) is 44.6 Å². The Morgan fingerprint density at radius 2 is 1.83 bits per heavy atom. The van der Waals surface area contributed by atoms with E-state index in [4.69, 9.17) is 0 Å². The van der Waals surface area contributed by atoms with Gasteiger partial charge in [0.1, 0.15) is 0 Å². The molecule has 1 fully saturated rings. The average molecular weight is 319 g/mol. The van der Waals surface area contributed by atoms with Crippen molar-refractivity contribution in [2.75, 3.05) is 33.2 Å². The van der Waals surface area contributed by atoms with E-state index in [9.17, 15) is 0 Å². The molecule has 23 heavy (non-hydrogen) atoms. The van der Waals surface area contributed by atoms with Crippen LogP contribution in [0.3, 0.4) is 0 Å². The highest BCUT2D eigenvalue weighted by Gasteiger charge is 2.22. The van der Waals surface area contributed by atoms with Gasteiger partial charge in [-0.3, -0.25) is 9.89 Å². The van der Waals surface area contributed by atoms with Crippen LogP contribution >= 0.6 is 0 Å². The molecule has 1 atom stereocenters. The third-order valence-electron chi connectivity index (χ3n) is 4.46. The second-order valence-electron chi connectivity index (χ2n) is 6.83. The van der Waals surface area contributed by atoms with Gasteiger partial charge in [0.05, 0.1) is 0 Å². The summed E-state index contributed by atoms with van der Waals surface area (Å²) in [6.07, 6.45) is 8.11. The highest BCUT2D eigenvalue weighted by atomic mass is 15.2. The summed E-state index contributed by atoms with van der Waals surface area (Å²) in [5.41, 5.74) is 0. The fourth-order valence-corrected chi connectivity index (χ4v) is 3.27. The first-order valence-corrected chi connectivity index (χ1v) is 8.98. The van der Waals surface area contributed by atoms with Gasteiger partial charge in [0.15, 0.2) is 5.96 Å². The lowest BCUT2D eigenvalue weighted by Gasteiger charge is -2.29. The Hall–Kier alpha value is -1.49. The number of aromatic nitrogens is 1. The van der Waals surface area contributed by atoms with Crippen molar-refractivity contribution in [1.82, 2.24) is 20.1 Å². The highest BCUT2D eigenvalue weighted by Crippen LogP contribution is 2.17. The van der Waals surface area contributed by atoms with Crippen molar-refractivity contribution in [1.29, 1.82) is 0 Å². The number of nitrogens with zero attached hydrogens (tertiary/aromatic N) is 3. The molecule has 0 aromatic carbocycles. The summed E-state index contributed by atoms with van der Waals surface area (Å²) in [6.45, 7) is 9.93. The van der Waals surface area contributed by atoms with E-state index < -0.39 is 0 Å². The monoisotopic (exact) mass is 319 g/mol. The number of nitrogens with one attached hydrogen (secondary N) is 2. The first kappa shape index (κ1) is 17.9. The number of guanidine groups is 1. The van der Waals surface area contributed by atoms with E-state index in [1.165, 1.54) is 32.4 Å². The van der Waals surface area contributed by atoms with E-state index in [1.54, 1.807) is 0 Å². The van der Waals surface area contributed by atoms with Crippen LogP contribution in [0.4, 0.5) is 0 Å². The SMILES string of the molecule is CN=C(NCCn1cccc1)NCC(CC(C)C)N1CCCC1.